The van der Waals surface area contributed by atoms with Crippen LogP contribution in [0.4, 0.5) is 0 Å². The first-order chi connectivity index (χ1) is 7.42. The van der Waals surface area contributed by atoms with Crippen molar-refractivity contribution in [3.05, 3.63) is 0 Å². The minimum absolute atomic E-state index is 0.335. The van der Waals surface area contributed by atoms with Crippen LogP contribution in [0.15, 0.2) is 0 Å². The Morgan fingerprint density at radius 3 is 2.93 bits per heavy atom. The van der Waals surface area contributed by atoms with Gasteiger partial charge in [0, 0.05) is 25.2 Å². The Labute approximate surface area is 92.8 Å². The lowest BCUT2D eigenvalue weighted by atomic mass is 9.99. The molecule has 2 rings (SSSR count). The summed E-state index contributed by atoms with van der Waals surface area (Å²) in [4.78, 5) is 2.66. The fourth-order valence-corrected chi connectivity index (χ4v) is 3.01. The molecule has 0 aromatic heterocycles. The standard InChI is InChI=1S/C12H24N2O/c15-10-4-2-7-13-11-6-9-14-8-3-1-5-12(11)14/h11-13,15H,1-10H2. The average Bonchev–Trinajstić information content (AvgIpc) is 2.68. The van der Waals surface area contributed by atoms with Crippen molar-refractivity contribution < 1.29 is 5.11 Å². The van der Waals surface area contributed by atoms with Crippen molar-refractivity contribution in [1.82, 2.24) is 10.2 Å². The predicted molar refractivity (Wildman–Crippen MR) is 61.9 cm³/mol. The molecule has 2 saturated heterocycles. The first-order valence-electron chi connectivity index (χ1n) is 6.50. The first kappa shape index (κ1) is 11.4. The van der Waals surface area contributed by atoms with E-state index in [1.165, 1.54) is 38.8 Å². The highest BCUT2D eigenvalue weighted by molar-refractivity contribution is 4.93. The number of hydrogen-bond acceptors (Lipinski definition) is 3. The number of aliphatic hydroxyl groups is 1. The maximum Gasteiger partial charge on any atom is 0.0431 e. The highest BCUT2D eigenvalue weighted by Crippen LogP contribution is 2.26. The zero-order valence-electron chi connectivity index (χ0n) is 9.62. The molecule has 0 radical (unpaired) electrons. The smallest absolute Gasteiger partial charge is 0.0431 e. The summed E-state index contributed by atoms with van der Waals surface area (Å²) in [5.74, 6) is 0. The maximum atomic E-state index is 8.71. The summed E-state index contributed by atoms with van der Waals surface area (Å²) in [6.07, 6.45) is 7.57. The van der Waals surface area contributed by atoms with Gasteiger partial charge in [0.05, 0.1) is 0 Å². The summed E-state index contributed by atoms with van der Waals surface area (Å²) in [6.45, 7) is 4.03. The Kier molecular flexibility index (Phi) is 4.42. The minimum atomic E-state index is 0.335. The van der Waals surface area contributed by atoms with Gasteiger partial charge in [-0.2, -0.15) is 0 Å². The number of aliphatic hydroxyl groups excluding tert-OH is 1. The van der Waals surface area contributed by atoms with Crippen molar-refractivity contribution in [2.75, 3.05) is 26.2 Å². The average molecular weight is 212 g/mol. The highest BCUT2D eigenvalue weighted by atomic mass is 16.2. The molecule has 0 bridgehead atoms. The van der Waals surface area contributed by atoms with Gasteiger partial charge < -0.3 is 10.4 Å². The molecule has 2 N–H and O–H groups in total. The normalized spacial score (nSPS) is 31.8. The predicted octanol–water partition coefficient (Wildman–Crippen LogP) is 0.975. The molecule has 3 nitrogen and oxygen atoms in total. The van der Waals surface area contributed by atoms with Crippen molar-refractivity contribution in [1.29, 1.82) is 0 Å². The van der Waals surface area contributed by atoms with E-state index in [0.29, 0.717) is 6.61 Å². The van der Waals surface area contributed by atoms with E-state index < -0.39 is 0 Å². The molecule has 0 amide bonds. The van der Waals surface area contributed by atoms with Gasteiger partial charge in [-0.1, -0.05) is 6.42 Å². The largest absolute Gasteiger partial charge is 0.396 e. The molecule has 2 unspecified atom stereocenters. The van der Waals surface area contributed by atoms with E-state index in [-0.39, 0.29) is 0 Å². The van der Waals surface area contributed by atoms with Crippen LogP contribution in [0, 0.1) is 0 Å². The first-order valence-corrected chi connectivity index (χ1v) is 6.50. The maximum absolute atomic E-state index is 8.71. The second-order valence-electron chi connectivity index (χ2n) is 4.88. The fraction of sp³-hybridized carbons (Fsp3) is 1.00. The van der Waals surface area contributed by atoms with Crippen molar-refractivity contribution in [3.63, 3.8) is 0 Å². The summed E-state index contributed by atoms with van der Waals surface area (Å²) in [7, 11) is 0. The van der Waals surface area contributed by atoms with Crippen LogP contribution in [0.2, 0.25) is 0 Å². The van der Waals surface area contributed by atoms with Gasteiger partial charge in [0.1, 0.15) is 0 Å². The lowest BCUT2D eigenvalue weighted by Gasteiger charge is -2.32. The number of fused-ring (bicyclic) bond motifs is 1. The number of nitrogens with one attached hydrogen (secondary N) is 1. The second-order valence-corrected chi connectivity index (χ2v) is 4.88. The van der Waals surface area contributed by atoms with Gasteiger partial charge in [-0.05, 0) is 45.2 Å². The van der Waals surface area contributed by atoms with E-state index in [9.17, 15) is 0 Å². The van der Waals surface area contributed by atoms with Crippen molar-refractivity contribution in [2.24, 2.45) is 0 Å². The highest BCUT2D eigenvalue weighted by Gasteiger charge is 2.34. The van der Waals surface area contributed by atoms with Crippen LogP contribution in [0.1, 0.15) is 38.5 Å². The third-order valence-electron chi connectivity index (χ3n) is 3.85. The number of unbranched alkanes of at least 4 members (excludes halogenated alkanes) is 1. The molecule has 3 heteroatoms. The molecule has 2 atom stereocenters. The van der Waals surface area contributed by atoms with Gasteiger partial charge in [-0.25, -0.2) is 0 Å². The zero-order valence-corrected chi connectivity index (χ0v) is 9.62. The van der Waals surface area contributed by atoms with Crippen LogP contribution >= 0.6 is 0 Å². The third-order valence-corrected chi connectivity index (χ3v) is 3.85. The molecule has 0 aliphatic carbocycles. The van der Waals surface area contributed by atoms with Crippen LogP contribution in [0.3, 0.4) is 0 Å². The van der Waals surface area contributed by atoms with Crippen LogP contribution in [0.5, 0.6) is 0 Å². The number of rotatable bonds is 5. The van der Waals surface area contributed by atoms with Crippen LogP contribution < -0.4 is 5.32 Å². The summed E-state index contributed by atoms with van der Waals surface area (Å²) in [6, 6.07) is 1.54. The van der Waals surface area contributed by atoms with E-state index in [0.717, 1.165) is 31.5 Å². The molecular weight excluding hydrogens is 188 g/mol. The topological polar surface area (TPSA) is 35.5 Å². The zero-order chi connectivity index (χ0) is 10.5. The van der Waals surface area contributed by atoms with Crippen molar-refractivity contribution in [2.45, 2.75) is 50.6 Å². The molecule has 0 saturated carbocycles. The Morgan fingerprint density at radius 2 is 2.07 bits per heavy atom. The van der Waals surface area contributed by atoms with Gasteiger partial charge in [-0.3, -0.25) is 4.90 Å². The molecular formula is C12H24N2O. The summed E-state index contributed by atoms with van der Waals surface area (Å²) in [5.41, 5.74) is 0. The van der Waals surface area contributed by atoms with Crippen molar-refractivity contribution >= 4 is 0 Å². The quantitative estimate of drug-likeness (QED) is 0.667. The number of nitrogens with zero attached hydrogens (tertiary/aromatic N) is 1. The Bertz CT molecular complexity index is 186. The molecule has 0 aromatic carbocycles. The summed E-state index contributed by atoms with van der Waals surface area (Å²) >= 11 is 0. The lowest BCUT2D eigenvalue weighted by molar-refractivity contribution is 0.180. The Balaban J connectivity index is 1.69. The fourth-order valence-electron chi connectivity index (χ4n) is 3.01. The monoisotopic (exact) mass is 212 g/mol. The van der Waals surface area contributed by atoms with Crippen molar-refractivity contribution in [3.8, 4) is 0 Å². The van der Waals surface area contributed by atoms with Gasteiger partial charge in [-0.15, -0.1) is 0 Å². The third kappa shape index (κ3) is 2.92. The van der Waals surface area contributed by atoms with Gasteiger partial charge >= 0.3 is 0 Å². The van der Waals surface area contributed by atoms with Gasteiger partial charge in [0.25, 0.3) is 0 Å². The Morgan fingerprint density at radius 1 is 1.13 bits per heavy atom. The van der Waals surface area contributed by atoms with E-state index in [1.54, 1.807) is 0 Å². The lowest BCUT2D eigenvalue weighted by Crippen LogP contribution is -2.45. The molecule has 2 aliphatic rings. The number of piperidine rings is 1. The van der Waals surface area contributed by atoms with Crippen LogP contribution in [-0.2, 0) is 0 Å². The van der Waals surface area contributed by atoms with E-state index in [1.807, 2.05) is 0 Å². The molecule has 2 aliphatic heterocycles. The Hall–Kier alpha value is -0.120. The van der Waals surface area contributed by atoms with Gasteiger partial charge in [0.2, 0.25) is 0 Å². The van der Waals surface area contributed by atoms with E-state index in [4.69, 9.17) is 5.11 Å². The van der Waals surface area contributed by atoms with Gasteiger partial charge in [0.15, 0.2) is 0 Å². The summed E-state index contributed by atoms with van der Waals surface area (Å²) < 4.78 is 0. The number of hydrogen-bond donors (Lipinski definition) is 2. The second kappa shape index (κ2) is 5.83. The molecule has 2 heterocycles. The molecule has 0 spiro atoms. The molecule has 0 aromatic rings. The SMILES string of the molecule is OCCCCNC1CCN2CCCCC12. The summed E-state index contributed by atoms with van der Waals surface area (Å²) in [5, 5.41) is 12.4. The van der Waals surface area contributed by atoms with Crippen LogP contribution in [0.25, 0.3) is 0 Å². The van der Waals surface area contributed by atoms with E-state index in [2.05, 4.69) is 10.2 Å². The van der Waals surface area contributed by atoms with E-state index >= 15 is 0 Å². The van der Waals surface area contributed by atoms with Crippen LogP contribution in [-0.4, -0.2) is 48.3 Å². The molecule has 88 valence electrons. The molecule has 2 fully saturated rings. The minimum Gasteiger partial charge on any atom is -0.396 e. The molecule has 15 heavy (non-hydrogen) atoms.